The molecule has 1 atom stereocenters. The van der Waals surface area contributed by atoms with Gasteiger partial charge in [0.2, 0.25) is 0 Å². The lowest BCUT2D eigenvalue weighted by atomic mass is 9.98. The molecule has 7 heteroatoms. The van der Waals surface area contributed by atoms with E-state index in [4.69, 9.17) is 0 Å². The summed E-state index contributed by atoms with van der Waals surface area (Å²) in [7, 11) is 0. The molecule has 0 bridgehead atoms. The minimum absolute atomic E-state index is 0.0356. The number of carbonyl (C=O) groups excluding carboxylic acids is 1. The van der Waals surface area contributed by atoms with Crippen molar-refractivity contribution in [2.75, 3.05) is 5.32 Å². The van der Waals surface area contributed by atoms with Crippen molar-refractivity contribution in [3.63, 3.8) is 0 Å². The summed E-state index contributed by atoms with van der Waals surface area (Å²) in [5, 5.41) is 20.3. The number of aromatic hydroxyl groups is 1. The molecule has 2 aromatic heterocycles. The number of aromatic nitrogens is 4. The van der Waals surface area contributed by atoms with E-state index in [0.717, 1.165) is 12.0 Å². The lowest BCUT2D eigenvalue weighted by molar-refractivity contribution is 0.102. The Labute approximate surface area is 145 Å². The molecule has 7 nitrogen and oxygen atoms in total. The van der Waals surface area contributed by atoms with Gasteiger partial charge in [0.1, 0.15) is 24.2 Å². The molecule has 0 unspecified atom stereocenters. The summed E-state index contributed by atoms with van der Waals surface area (Å²) in [5.74, 6) is 0.592. The molecular formula is C18H19N5O2. The third-order valence-electron chi connectivity index (χ3n) is 4.14. The van der Waals surface area contributed by atoms with Gasteiger partial charge in [0.15, 0.2) is 0 Å². The molecule has 0 aliphatic carbocycles. The molecule has 128 valence electrons. The first-order valence-electron chi connectivity index (χ1n) is 8.03. The number of hydrogen-bond donors (Lipinski definition) is 2. The summed E-state index contributed by atoms with van der Waals surface area (Å²) in [6, 6.07) is 8.53. The number of rotatable bonds is 5. The van der Waals surface area contributed by atoms with Gasteiger partial charge in [0.25, 0.3) is 5.91 Å². The van der Waals surface area contributed by atoms with Gasteiger partial charge >= 0.3 is 0 Å². The largest absolute Gasteiger partial charge is 0.506 e. The van der Waals surface area contributed by atoms with Crippen molar-refractivity contribution >= 4 is 11.6 Å². The van der Waals surface area contributed by atoms with Crippen LogP contribution in [0.5, 0.6) is 5.75 Å². The van der Waals surface area contributed by atoms with Crippen molar-refractivity contribution in [2.45, 2.75) is 26.2 Å². The first-order chi connectivity index (χ1) is 12.1. The van der Waals surface area contributed by atoms with E-state index in [2.05, 4.69) is 34.3 Å². The quantitative estimate of drug-likeness (QED) is 0.698. The number of carbonyl (C=O) groups is 1. The average Bonchev–Trinajstić information content (AvgIpc) is 3.17. The second kappa shape index (κ2) is 7.12. The Balaban J connectivity index is 1.84. The molecule has 0 saturated carbocycles. The summed E-state index contributed by atoms with van der Waals surface area (Å²) in [4.78, 5) is 16.7. The number of phenolic OH excluding ortho intramolecular Hbond substituents is 1. The predicted octanol–water partition coefficient (Wildman–Crippen LogP) is 3.13. The Morgan fingerprint density at radius 2 is 2.00 bits per heavy atom. The van der Waals surface area contributed by atoms with Crippen LogP contribution in [-0.4, -0.2) is 30.8 Å². The zero-order valence-corrected chi connectivity index (χ0v) is 14.0. The predicted molar refractivity (Wildman–Crippen MR) is 93.9 cm³/mol. The average molecular weight is 337 g/mol. The first-order valence-corrected chi connectivity index (χ1v) is 8.03. The molecule has 0 spiro atoms. The van der Waals surface area contributed by atoms with Crippen LogP contribution in [-0.2, 0) is 0 Å². The van der Waals surface area contributed by atoms with E-state index >= 15 is 0 Å². The highest BCUT2D eigenvalue weighted by atomic mass is 16.3. The van der Waals surface area contributed by atoms with Crippen LogP contribution in [0.15, 0.2) is 49.2 Å². The van der Waals surface area contributed by atoms with Crippen LogP contribution < -0.4 is 5.32 Å². The van der Waals surface area contributed by atoms with E-state index in [1.807, 2.05) is 12.1 Å². The zero-order chi connectivity index (χ0) is 17.8. The summed E-state index contributed by atoms with van der Waals surface area (Å²) in [6.07, 6.45) is 5.53. The van der Waals surface area contributed by atoms with E-state index in [1.165, 1.54) is 12.7 Å². The molecule has 2 heterocycles. The Morgan fingerprint density at radius 3 is 2.72 bits per heavy atom. The van der Waals surface area contributed by atoms with Crippen LogP contribution in [0.25, 0.3) is 5.82 Å². The fourth-order valence-corrected chi connectivity index (χ4v) is 2.41. The molecule has 25 heavy (non-hydrogen) atoms. The van der Waals surface area contributed by atoms with Gasteiger partial charge < -0.3 is 10.4 Å². The number of pyridine rings is 1. The Kier molecular flexibility index (Phi) is 4.74. The van der Waals surface area contributed by atoms with Crippen LogP contribution in [0.2, 0.25) is 0 Å². The topological polar surface area (TPSA) is 92.9 Å². The molecule has 2 N–H and O–H groups in total. The number of amides is 1. The van der Waals surface area contributed by atoms with Crippen LogP contribution in [0.4, 0.5) is 5.69 Å². The maximum Gasteiger partial charge on any atom is 0.255 e. The van der Waals surface area contributed by atoms with Crippen molar-refractivity contribution in [1.82, 2.24) is 19.7 Å². The molecule has 0 aliphatic heterocycles. The molecule has 0 radical (unpaired) electrons. The molecule has 3 aromatic rings. The molecule has 0 aliphatic rings. The van der Waals surface area contributed by atoms with Gasteiger partial charge in [-0.25, -0.2) is 4.98 Å². The Hall–Kier alpha value is -3.22. The fourth-order valence-electron chi connectivity index (χ4n) is 2.41. The fraction of sp³-hybridized carbons (Fsp3) is 0.222. The van der Waals surface area contributed by atoms with Gasteiger partial charge in [-0.3, -0.25) is 9.36 Å². The van der Waals surface area contributed by atoms with Crippen molar-refractivity contribution in [2.24, 2.45) is 0 Å². The zero-order valence-electron chi connectivity index (χ0n) is 14.0. The maximum atomic E-state index is 12.5. The summed E-state index contributed by atoms with van der Waals surface area (Å²) >= 11 is 0. The number of benzene rings is 1. The number of nitrogens with one attached hydrogen (secondary N) is 1. The molecule has 1 amide bonds. The number of phenols is 1. The van der Waals surface area contributed by atoms with Gasteiger partial charge in [0.05, 0.1) is 5.69 Å². The van der Waals surface area contributed by atoms with Gasteiger partial charge in [-0.05, 0) is 42.2 Å². The lowest BCUT2D eigenvalue weighted by Gasteiger charge is -2.13. The summed E-state index contributed by atoms with van der Waals surface area (Å²) < 4.78 is 1.61. The standard InChI is InChI=1S/C18H19N5O2/c1-3-12(2)13-4-5-16(24)15(8-13)22-18(25)14-6-7-19-17(9-14)23-10-20-21-11-23/h4-12,24H,3H2,1-2H3,(H,22,25)/t12-/m0/s1. The third kappa shape index (κ3) is 3.65. The monoisotopic (exact) mass is 337 g/mol. The van der Waals surface area contributed by atoms with Crippen LogP contribution in [0.3, 0.4) is 0 Å². The van der Waals surface area contributed by atoms with Gasteiger partial charge in [0, 0.05) is 11.8 Å². The van der Waals surface area contributed by atoms with Crippen LogP contribution >= 0.6 is 0 Å². The van der Waals surface area contributed by atoms with E-state index in [1.54, 1.807) is 29.0 Å². The van der Waals surface area contributed by atoms with Crippen LogP contribution in [0.1, 0.15) is 42.1 Å². The van der Waals surface area contributed by atoms with Crippen LogP contribution in [0, 0.1) is 0 Å². The van der Waals surface area contributed by atoms with E-state index in [-0.39, 0.29) is 11.7 Å². The third-order valence-corrected chi connectivity index (χ3v) is 4.14. The normalized spacial score (nSPS) is 11.9. The number of nitrogens with zero attached hydrogens (tertiary/aromatic N) is 4. The highest BCUT2D eigenvalue weighted by molar-refractivity contribution is 6.05. The van der Waals surface area contributed by atoms with Gasteiger partial charge in [-0.1, -0.05) is 19.9 Å². The van der Waals surface area contributed by atoms with Crippen molar-refractivity contribution in [1.29, 1.82) is 0 Å². The number of hydrogen-bond acceptors (Lipinski definition) is 5. The highest BCUT2D eigenvalue weighted by Gasteiger charge is 2.13. The molecule has 3 rings (SSSR count). The van der Waals surface area contributed by atoms with E-state index in [0.29, 0.717) is 23.0 Å². The van der Waals surface area contributed by atoms with Crippen molar-refractivity contribution < 1.29 is 9.90 Å². The van der Waals surface area contributed by atoms with Crippen molar-refractivity contribution in [3.8, 4) is 11.6 Å². The van der Waals surface area contributed by atoms with E-state index < -0.39 is 0 Å². The van der Waals surface area contributed by atoms with Gasteiger partial charge in [-0.15, -0.1) is 10.2 Å². The molecule has 1 aromatic carbocycles. The Morgan fingerprint density at radius 1 is 1.24 bits per heavy atom. The molecule has 0 saturated heterocycles. The maximum absolute atomic E-state index is 12.5. The first kappa shape index (κ1) is 16.6. The highest BCUT2D eigenvalue weighted by Crippen LogP contribution is 2.29. The lowest BCUT2D eigenvalue weighted by Crippen LogP contribution is -2.13. The minimum Gasteiger partial charge on any atom is -0.506 e. The second-order valence-corrected chi connectivity index (χ2v) is 5.81. The minimum atomic E-state index is -0.326. The van der Waals surface area contributed by atoms with Gasteiger partial charge in [-0.2, -0.15) is 0 Å². The molecule has 0 fully saturated rings. The smallest absolute Gasteiger partial charge is 0.255 e. The number of anilines is 1. The second-order valence-electron chi connectivity index (χ2n) is 5.81. The van der Waals surface area contributed by atoms with E-state index in [9.17, 15) is 9.90 Å². The SMILES string of the molecule is CC[C@H](C)c1ccc(O)c(NC(=O)c2ccnc(-n3cnnc3)c2)c1. The summed E-state index contributed by atoms with van der Waals surface area (Å²) in [5.41, 5.74) is 1.88. The Bertz CT molecular complexity index is 877. The molecular weight excluding hydrogens is 318 g/mol. The van der Waals surface area contributed by atoms with Crippen molar-refractivity contribution in [3.05, 3.63) is 60.3 Å². The summed E-state index contributed by atoms with van der Waals surface area (Å²) in [6.45, 7) is 4.20.